The lowest BCUT2D eigenvalue weighted by molar-refractivity contribution is -0.118. The third-order valence-electron chi connectivity index (χ3n) is 3.09. The van der Waals surface area contributed by atoms with Crippen LogP contribution in [0.1, 0.15) is 28.4 Å². The molecule has 0 saturated heterocycles. The normalized spacial score (nSPS) is 10.2. The summed E-state index contributed by atoms with van der Waals surface area (Å²) in [5, 5.41) is 2.72. The van der Waals surface area contributed by atoms with Crippen LogP contribution in [0.3, 0.4) is 0 Å². The van der Waals surface area contributed by atoms with Crippen molar-refractivity contribution in [1.29, 1.82) is 0 Å². The van der Waals surface area contributed by atoms with Crippen molar-refractivity contribution < 1.29 is 14.0 Å². The van der Waals surface area contributed by atoms with Crippen molar-refractivity contribution in [3.63, 3.8) is 0 Å². The van der Waals surface area contributed by atoms with Crippen molar-refractivity contribution in [3.8, 4) is 0 Å². The Labute approximate surface area is 122 Å². The first-order chi connectivity index (χ1) is 10.1. The van der Waals surface area contributed by atoms with Gasteiger partial charge in [0.05, 0.1) is 0 Å². The number of hydrogen-bond acceptors (Lipinski definition) is 2. The second-order valence-corrected chi connectivity index (χ2v) is 4.77. The Morgan fingerprint density at radius 2 is 1.76 bits per heavy atom. The average Bonchev–Trinajstić information content (AvgIpc) is 2.47. The first-order valence-electron chi connectivity index (χ1n) is 6.70. The molecule has 0 saturated carbocycles. The fourth-order valence-electron chi connectivity index (χ4n) is 2.00. The van der Waals surface area contributed by atoms with Gasteiger partial charge in [0.25, 0.3) is 0 Å². The van der Waals surface area contributed by atoms with Crippen LogP contribution in [0.4, 0.5) is 4.39 Å². The van der Waals surface area contributed by atoms with Gasteiger partial charge in [0, 0.05) is 24.6 Å². The summed E-state index contributed by atoms with van der Waals surface area (Å²) in [6.45, 7) is 2.03. The van der Waals surface area contributed by atoms with E-state index in [1.54, 1.807) is 18.2 Å². The van der Waals surface area contributed by atoms with Gasteiger partial charge in [-0.25, -0.2) is 4.39 Å². The Morgan fingerprint density at radius 1 is 1.05 bits per heavy atom. The van der Waals surface area contributed by atoms with Crippen LogP contribution < -0.4 is 5.32 Å². The molecular weight excluding hydrogens is 269 g/mol. The summed E-state index contributed by atoms with van der Waals surface area (Å²) in [5.74, 6) is -0.691. The summed E-state index contributed by atoms with van der Waals surface area (Å²) in [4.78, 5) is 23.0. The predicted octanol–water partition coefficient (Wildman–Crippen LogP) is 2.74. The standard InChI is InChI=1S/C17H16FNO2/c1-12(20)19-10-9-13-5-7-14(8-6-13)17(21)15-3-2-4-16(18)11-15/h2-8,11H,9-10H2,1H3,(H,19,20). The van der Waals surface area contributed by atoms with E-state index in [4.69, 9.17) is 0 Å². The first-order valence-corrected chi connectivity index (χ1v) is 6.70. The van der Waals surface area contributed by atoms with Gasteiger partial charge in [0.1, 0.15) is 5.82 Å². The Balaban J connectivity index is 2.04. The lowest BCUT2D eigenvalue weighted by Crippen LogP contribution is -2.22. The molecule has 0 spiro atoms. The smallest absolute Gasteiger partial charge is 0.216 e. The first kappa shape index (κ1) is 14.9. The molecule has 0 aliphatic rings. The lowest BCUT2D eigenvalue weighted by Gasteiger charge is -2.05. The predicted molar refractivity (Wildman–Crippen MR) is 78.7 cm³/mol. The third kappa shape index (κ3) is 4.24. The van der Waals surface area contributed by atoms with E-state index in [0.717, 1.165) is 5.56 Å². The van der Waals surface area contributed by atoms with E-state index in [-0.39, 0.29) is 11.7 Å². The maximum absolute atomic E-state index is 13.1. The molecule has 1 N–H and O–H groups in total. The van der Waals surface area contributed by atoms with E-state index in [9.17, 15) is 14.0 Å². The molecule has 1 amide bonds. The highest BCUT2D eigenvalue weighted by atomic mass is 19.1. The summed E-state index contributed by atoms with van der Waals surface area (Å²) in [6.07, 6.45) is 0.702. The molecule has 0 aliphatic carbocycles. The summed E-state index contributed by atoms with van der Waals surface area (Å²) >= 11 is 0. The van der Waals surface area contributed by atoms with E-state index in [2.05, 4.69) is 5.32 Å². The molecule has 0 aliphatic heterocycles. The maximum Gasteiger partial charge on any atom is 0.216 e. The van der Waals surface area contributed by atoms with Gasteiger partial charge in [0.2, 0.25) is 5.91 Å². The Bertz CT molecular complexity index is 650. The number of carbonyl (C=O) groups is 2. The van der Waals surface area contributed by atoms with Gasteiger partial charge < -0.3 is 5.32 Å². The van der Waals surface area contributed by atoms with Crippen LogP contribution in [-0.2, 0) is 11.2 Å². The molecule has 0 heterocycles. The minimum atomic E-state index is -0.423. The van der Waals surface area contributed by atoms with E-state index in [0.29, 0.717) is 24.1 Å². The molecule has 0 unspecified atom stereocenters. The monoisotopic (exact) mass is 285 g/mol. The Morgan fingerprint density at radius 3 is 2.38 bits per heavy atom. The second-order valence-electron chi connectivity index (χ2n) is 4.77. The molecule has 0 radical (unpaired) electrons. The van der Waals surface area contributed by atoms with Crippen molar-refractivity contribution in [2.24, 2.45) is 0 Å². The van der Waals surface area contributed by atoms with E-state index in [1.807, 2.05) is 12.1 Å². The molecule has 0 atom stereocenters. The highest BCUT2D eigenvalue weighted by molar-refractivity contribution is 6.08. The van der Waals surface area contributed by atoms with Crippen molar-refractivity contribution >= 4 is 11.7 Å². The van der Waals surface area contributed by atoms with Gasteiger partial charge in [-0.15, -0.1) is 0 Å². The van der Waals surface area contributed by atoms with Crippen molar-refractivity contribution in [2.75, 3.05) is 6.54 Å². The Kier molecular flexibility index (Phi) is 4.82. The second kappa shape index (κ2) is 6.79. The van der Waals surface area contributed by atoms with E-state index < -0.39 is 5.82 Å². The summed E-state index contributed by atoms with van der Waals surface area (Å²) in [5.41, 5.74) is 1.88. The molecule has 4 heteroatoms. The molecule has 0 fully saturated rings. The summed E-state index contributed by atoms with van der Waals surface area (Å²) in [7, 11) is 0. The number of nitrogens with one attached hydrogen (secondary N) is 1. The minimum Gasteiger partial charge on any atom is -0.356 e. The zero-order valence-electron chi connectivity index (χ0n) is 11.7. The van der Waals surface area contributed by atoms with Gasteiger partial charge in [-0.1, -0.05) is 36.4 Å². The molecule has 21 heavy (non-hydrogen) atoms. The highest BCUT2D eigenvalue weighted by Crippen LogP contribution is 2.12. The molecule has 0 bridgehead atoms. The van der Waals surface area contributed by atoms with E-state index >= 15 is 0 Å². The molecule has 2 aromatic carbocycles. The van der Waals surface area contributed by atoms with Gasteiger partial charge >= 0.3 is 0 Å². The number of rotatable bonds is 5. The van der Waals surface area contributed by atoms with Crippen LogP contribution in [0, 0.1) is 5.82 Å². The van der Waals surface area contributed by atoms with Gasteiger partial charge in [-0.2, -0.15) is 0 Å². The van der Waals surface area contributed by atoms with Crippen molar-refractivity contribution in [3.05, 3.63) is 71.0 Å². The highest BCUT2D eigenvalue weighted by Gasteiger charge is 2.09. The molecule has 2 rings (SSSR count). The number of amides is 1. The van der Waals surface area contributed by atoms with Crippen LogP contribution in [0.15, 0.2) is 48.5 Å². The van der Waals surface area contributed by atoms with E-state index in [1.165, 1.54) is 25.1 Å². The average molecular weight is 285 g/mol. The molecule has 3 nitrogen and oxygen atoms in total. The van der Waals surface area contributed by atoms with Crippen molar-refractivity contribution in [2.45, 2.75) is 13.3 Å². The topological polar surface area (TPSA) is 46.2 Å². The molecular formula is C17H16FNO2. The van der Waals surface area contributed by atoms with Crippen molar-refractivity contribution in [1.82, 2.24) is 5.32 Å². The van der Waals surface area contributed by atoms with Gasteiger partial charge in [0.15, 0.2) is 5.78 Å². The van der Waals surface area contributed by atoms with Crippen LogP contribution in [0.2, 0.25) is 0 Å². The van der Waals surface area contributed by atoms with Crippen LogP contribution in [0.25, 0.3) is 0 Å². The van der Waals surface area contributed by atoms with Gasteiger partial charge in [-0.3, -0.25) is 9.59 Å². The zero-order chi connectivity index (χ0) is 15.2. The fraction of sp³-hybridized carbons (Fsp3) is 0.176. The number of halogens is 1. The largest absolute Gasteiger partial charge is 0.356 e. The van der Waals surface area contributed by atoms with Crippen LogP contribution >= 0.6 is 0 Å². The van der Waals surface area contributed by atoms with Crippen LogP contribution in [0.5, 0.6) is 0 Å². The molecule has 0 aromatic heterocycles. The number of ketones is 1. The number of carbonyl (C=O) groups excluding carboxylic acids is 2. The number of benzene rings is 2. The Hall–Kier alpha value is -2.49. The third-order valence-corrected chi connectivity index (χ3v) is 3.09. The molecule has 108 valence electrons. The molecule has 2 aromatic rings. The minimum absolute atomic E-state index is 0.0621. The summed E-state index contributed by atoms with van der Waals surface area (Å²) < 4.78 is 13.1. The maximum atomic E-state index is 13.1. The fourth-order valence-corrected chi connectivity index (χ4v) is 2.00. The lowest BCUT2D eigenvalue weighted by atomic mass is 10.0. The number of hydrogen-bond donors (Lipinski definition) is 1. The zero-order valence-corrected chi connectivity index (χ0v) is 11.7. The van der Waals surface area contributed by atoms with Gasteiger partial charge in [-0.05, 0) is 24.1 Å². The summed E-state index contributed by atoms with van der Waals surface area (Å²) in [6, 6.07) is 12.8. The van der Waals surface area contributed by atoms with Crippen LogP contribution in [-0.4, -0.2) is 18.2 Å². The SMILES string of the molecule is CC(=O)NCCc1ccc(C(=O)c2cccc(F)c2)cc1. The quantitative estimate of drug-likeness (QED) is 0.859.